The van der Waals surface area contributed by atoms with Crippen molar-refractivity contribution in [1.29, 1.82) is 0 Å². The van der Waals surface area contributed by atoms with Gasteiger partial charge in [0.05, 0.1) is 15.7 Å². The molecule has 3 nitrogen and oxygen atoms in total. The quantitative estimate of drug-likeness (QED) is 0.439. The van der Waals surface area contributed by atoms with E-state index in [9.17, 15) is 10.2 Å². The van der Waals surface area contributed by atoms with Crippen LogP contribution in [0.25, 0.3) is 10.8 Å². The van der Waals surface area contributed by atoms with Crippen LogP contribution in [0.15, 0.2) is 29.4 Å². The number of aromatic nitrogens is 1. The number of hydrogen-bond acceptors (Lipinski definition) is 3. The van der Waals surface area contributed by atoms with Crippen LogP contribution in [0.2, 0.25) is 0 Å². The van der Waals surface area contributed by atoms with Gasteiger partial charge in [-0.3, -0.25) is 0 Å². The van der Waals surface area contributed by atoms with Crippen molar-refractivity contribution in [2.24, 2.45) is 7.05 Å². The van der Waals surface area contributed by atoms with Gasteiger partial charge in [-0.2, -0.15) is 0 Å². The molecule has 0 saturated heterocycles. The van der Waals surface area contributed by atoms with Crippen molar-refractivity contribution in [2.75, 3.05) is 6.26 Å². The fourth-order valence-electron chi connectivity index (χ4n) is 1.62. The number of nitrogens with zero attached hydrogens (tertiary/aromatic N) is 1. The van der Waals surface area contributed by atoms with E-state index in [1.807, 2.05) is 30.3 Å². The second-order valence-electron chi connectivity index (χ2n) is 3.39. The first kappa shape index (κ1) is 10.1. The Morgan fingerprint density at radius 2 is 1.93 bits per heavy atom. The predicted octanol–water partition coefficient (Wildman–Crippen LogP) is 1.80. The standard InChI is InChI=1S/C11H11NO2S/c1-12-5-7-3-4-8(13)11(14)10(7)9(6-12)15-2/h3-6,14H,1-2H3/p+1. The van der Waals surface area contributed by atoms with Crippen LogP contribution in [0.3, 0.4) is 0 Å². The molecule has 2 rings (SSSR count). The Balaban J connectivity index is 2.91. The van der Waals surface area contributed by atoms with E-state index in [1.54, 1.807) is 17.8 Å². The molecule has 2 aromatic rings. The molecule has 0 aliphatic rings. The predicted molar refractivity (Wildman–Crippen MR) is 60.2 cm³/mol. The number of thioether (sulfide) groups is 1. The van der Waals surface area contributed by atoms with Gasteiger partial charge in [-0.05, 0) is 18.4 Å². The summed E-state index contributed by atoms with van der Waals surface area (Å²) >= 11 is 1.54. The van der Waals surface area contributed by atoms with E-state index in [2.05, 4.69) is 0 Å². The SMILES string of the molecule is CSc1c[n+](C)cc2ccc(O)c(O)c12. The van der Waals surface area contributed by atoms with E-state index in [-0.39, 0.29) is 11.5 Å². The zero-order valence-corrected chi connectivity index (χ0v) is 9.38. The Bertz CT molecular complexity index is 525. The minimum atomic E-state index is -0.0772. The number of aryl methyl sites for hydroxylation is 1. The van der Waals surface area contributed by atoms with Crippen LogP contribution < -0.4 is 4.57 Å². The highest BCUT2D eigenvalue weighted by atomic mass is 32.2. The second kappa shape index (κ2) is 3.62. The highest BCUT2D eigenvalue weighted by Gasteiger charge is 2.13. The molecule has 1 aromatic heterocycles. The highest BCUT2D eigenvalue weighted by molar-refractivity contribution is 7.98. The lowest BCUT2D eigenvalue weighted by Gasteiger charge is -2.05. The van der Waals surface area contributed by atoms with Crippen LogP contribution in [0.4, 0.5) is 0 Å². The van der Waals surface area contributed by atoms with E-state index >= 15 is 0 Å². The van der Waals surface area contributed by atoms with Crippen LogP contribution >= 0.6 is 11.8 Å². The molecule has 0 aliphatic carbocycles. The lowest BCUT2D eigenvalue weighted by molar-refractivity contribution is -0.671. The number of hydrogen-bond donors (Lipinski definition) is 2. The summed E-state index contributed by atoms with van der Waals surface area (Å²) in [7, 11) is 1.93. The molecule has 0 atom stereocenters. The Morgan fingerprint density at radius 1 is 1.20 bits per heavy atom. The molecule has 0 amide bonds. The number of benzene rings is 1. The van der Waals surface area contributed by atoms with Gasteiger partial charge in [0.2, 0.25) is 0 Å². The molecule has 0 unspecified atom stereocenters. The van der Waals surface area contributed by atoms with E-state index in [0.717, 1.165) is 10.3 Å². The third-order valence-corrected chi connectivity index (χ3v) is 3.07. The third-order valence-electron chi connectivity index (χ3n) is 2.32. The summed E-state index contributed by atoms with van der Waals surface area (Å²) in [6.07, 6.45) is 5.78. The second-order valence-corrected chi connectivity index (χ2v) is 4.24. The Morgan fingerprint density at radius 3 is 2.60 bits per heavy atom. The summed E-state index contributed by atoms with van der Waals surface area (Å²) in [6.45, 7) is 0. The average Bonchev–Trinajstić information content (AvgIpc) is 2.22. The Kier molecular flexibility index (Phi) is 2.44. The average molecular weight is 222 g/mol. The lowest BCUT2D eigenvalue weighted by atomic mass is 10.1. The number of phenolic OH excluding ortho intramolecular Hbond substituents is 2. The van der Waals surface area contributed by atoms with Gasteiger partial charge in [-0.15, -0.1) is 11.8 Å². The molecular weight excluding hydrogens is 210 g/mol. The van der Waals surface area contributed by atoms with Crippen LogP contribution in [0, 0.1) is 0 Å². The monoisotopic (exact) mass is 222 g/mol. The number of aromatic hydroxyl groups is 2. The summed E-state index contributed by atoms with van der Waals surface area (Å²) in [5.74, 6) is -0.121. The van der Waals surface area contributed by atoms with E-state index in [0.29, 0.717) is 5.39 Å². The molecule has 0 radical (unpaired) electrons. The maximum Gasteiger partial charge on any atom is 0.182 e. The summed E-state index contributed by atoms with van der Waals surface area (Å²) in [5.41, 5.74) is 0. The fraction of sp³-hybridized carbons (Fsp3) is 0.182. The molecule has 2 N–H and O–H groups in total. The zero-order chi connectivity index (χ0) is 11.0. The smallest absolute Gasteiger partial charge is 0.182 e. The molecule has 0 spiro atoms. The molecule has 1 aromatic carbocycles. The van der Waals surface area contributed by atoms with Gasteiger partial charge in [0.15, 0.2) is 23.9 Å². The summed E-state index contributed by atoms with van der Waals surface area (Å²) in [6, 6.07) is 3.30. The van der Waals surface area contributed by atoms with Crippen LogP contribution in [-0.4, -0.2) is 16.5 Å². The van der Waals surface area contributed by atoms with Crippen LogP contribution in [0.1, 0.15) is 0 Å². The van der Waals surface area contributed by atoms with Gasteiger partial charge in [0.25, 0.3) is 0 Å². The molecular formula is C11H12NO2S+. The Hall–Kier alpha value is -1.42. The maximum atomic E-state index is 9.79. The van der Waals surface area contributed by atoms with Gasteiger partial charge in [-0.25, -0.2) is 4.57 Å². The van der Waals surface area contributed by atoms with Crippen molar-refractivity contribution in [3.05, 3.63) is 24.5 Å². The Labute approximate surface area is 92.0 Å². The first-order valence-corrected chi connectivity index (χ1v) is 5.74. The van der Waals surface area contributed by atoms with Crippen molar-refractivity contribution in [3.8, 4) is 11.5 Å². The molecule has 1 heterocycles. The van der Waals surface area contributed by atoms with Gasteiger partial charge in [0, 0.05) is 0 Å². The molecule has 0 saturated carbocycles. The summed E-state index contributed by atoms with van der Waals surface area (Å²) in [5, 5.41) is 20.9. The van der Waals surface area contributed by atoms with Gasteiger partial charge in [0.1, 0.15) is 7.05 Å². The van der Waals surface area contributed by atoms with E-state index in [1.165, 1.54) is 6.07 Å². The number of phenols is 2. The maximum absolute atomic E-state index is 9.79. The first-order chi connectivity index (χ1) is 7.13. The molecule has 4 heteroatoms. The van der Waals surface area contributed by atoms with E-state index < -0.39 is 0 Å². The summed E-state index contributed by atoms with van der Waals surface area (Å²) < 4.78 is 1.94. The largest absolute Gasteiger partial charge is 0.504 e. The third kappa shape index (κ3) is 1.61. The topological polar surface area (TPSA) is 44.3 Å². The fourth-order valence-corrected chi connectivity index (χ4v) is 2.31. The number of fused-ring (bicyclic) bond motifs is 1. The number of pyridine rings is 1. The summed E-state index contributed by atoms with van der Waals surface area (Å²) in [4.78, 5) is 0.948. The minimum absolute atomic E-state index is 0.0440. The van der Waals surface area contributed by atoms with Crippen molar-refractivity contribution < 1.29 is 14.8 Å². The molecule has 0 bridgehead atoms. The van der Waals surface area contributed by atoms with Crippen molar-refractivity contribution >= 4 is 22.5 Å². The molecule has 15 heavy (non-hydrogen) atoms. The first-order valence-electron chi connectivity index (χ1n) is 4.51. The molecule has 78 valence electrons. The number of rotatable bonds is 1. The minimum Gasteiger partial charge on any atom is -0.504 e. The molecule has 0 aliphatic heterocycles. The van der Waals surface area contributed by atoms with Crippen LogP contribution in [0.5, 0.6) is 11.5 Å². The van der Waals surface area contributed by atoms with Crippen molar-refractivity contribution in [1.82, 2.24) is 0 Å². The van der Waals surface area contributed by atoms with Gasteiger partial charge in [-0.1, -0.05) is 0 Å². The molecule has 0 fully saturated rings. The van der Waals surface area contributed by atoms with Crippen LogP contribution in [-0.2, 0) is 7.05 Å². The lowest BCUT2D eigenvalue weighted by Crippen LogP contribution is -2.26. The highest BCUT2D eigenvalue weighted by Crippen LogP contribution is 2.37. The zero-order valence-electron chi connectivity index (χ0n) is 8.56. The van der Waals surface area contributed by atoms with Gasteiger partial charge < -0.3 is 10.2 Å². The van der Waals surface area contributed by atoms with E-state index in [4.69, 9.17) is 0 Å². The van der Waals surface area contributed by atoms with Gasteiger partial charge >= 0.3 is 0 Å². The van der Waals surface area contributed by atoms with Crippen molar-refractivity contribution in [3.63, 3.8) is 0 Å². The normalized spacial score (nSPS) is 10.8. The van der Waals surface area contributed by atoms with Crippen molar-refractivity contribution in [2.45, 2.75) is 4.90 Å².